The van der Waals surface area contributed by atoms with Gasteiger partial charge in [-0.25, -0.2) is 9.97 Å². The second kappa shape index (κ2) is 5.63. The monoisotopic (exact) mass is 320 g/mol. The predicted molar refractivity (Wildman–Crippen MR) is 73.5 cm³/mol. The lowest BCUT2D eigenvalue weighted by Crippen LogP contribution is -2.18. The summed E-state index contributed by atoms with van der Waals surface area (Å²) in [4.78, 5) is 8.85. The summed E-state index contributed by atoms with van der Waals surface area (Å²) in [6.07, 6.45) is 0.708. The Kier molecular flexibility index (Phi) is 4.93. The molecule has 3 nitrogen and oxygen atoms in total. The molecule has 0 spiro atoms. The first kappa shape index (κ1) is 14.9. The quantitative estimate of drug-likeness (QED) is 0.779. The van der Waals surface area contributed by atoms with Gasteiger partial charge in [0.05, 0.1) is 10.2 Å². The molecule has 96 valence electrons. The molecule has 0 saturated carbocycles. The average molecular weight is 322 g/mol. The summed E-state index contributed by atoms with van der Waals surface area (Å²) in [6.45, 7) is 8.31. The van der Waals surface area contributed by atoms with E-state index >= 15 is 0 Å². The van der Waals surface area contributed by atoms with E-state index in [-0.39, 0.29) is 11.5 Å². The van der Waals surface area contributed by atoms with Crippen LogP contribution in [0.1, 0.15) is 51.7 Å². The topological polar surface area (TPSA) is 35.0 Å². The number of hydrogen-bond donors (Lipinski definition) is 0. The largest absolute Gasteiger partial charge is 0.373 e. The molecule has 0 aliphatic heterocycles. The molecule has 0 bridgehead atoms. The zero-order valence-corrected chi connectivity index (χ0v) is 13.2. The SMILES string of the molecule is CCC(OC)c1nc(Cl)c(Br)c(C(C)(C)C)n1. The van der Waals surface area contributed by atoms with Crippen molar-refractivity contribution in [3.63, 3.8) is 0 Å². The van der Waals surface area contributed by atoms with Crippen molar-refractivity contribution >= 4 is 27.5 Å². The van der Waals surface area contributed by atoms with E-state index < -0.39 is 0 Å². The molecular weight excluding hydrogens is 304 g/mol. The van der Waals surface area contributed by atoms with Crippen LogP contribution in [0, 0.1) is 0 Å². The van der Waals surface area contributed by atoms with Crippen molar-refractivity contribution in [3.05, 3.63) is 21.1 Å². The van der Waals surface area contributed by atoms with E-state index in [1.807, 2.05) is 6.92 Å². The first-order chi connectivity index (χ1) is 7.81. The number of nitrogens with zero attached hydrogens (tertiary/aromatic N) is 2. The van der Waals surface area contributed by atoms with Crippen molar-refractivity contribution in [3.8, 4) is 0 Å². The molecule has 1 aromatic rings. The Morgan fingerprint density at radius 3 is 2.35 bits per heavy atom. The Hall–Kier alpha value is -0.190. The summed E-state index contributed by atoms with van der Waals surface area (Å²) in [5, 5.41) is 0.440. The van der Waals surface area contributed by atoms with Gasteiger partial charge in [-0.1, -0.05) is 39.3 Å². The van der Waals surface area contributed by atoms with E-state index in [0.717, 1.165) is 16.6 Å². The molecule has 5 heteroatoms. The fraction of sp³-hybridized carbons (Fsp3) is 0.667. The zero-order valence-electron chi connectivity index (χ0n) is 10.8. The van der Waals surface area contributed by atoms with E-state index in [1.54, 1.807) is 7.11 Å². The Balaban J connectivity index is 3.33. The van der Waals surface area contributed by atoms with E-state index in [9.17, 15) is 0 Å². The van der Waals surface area contributed by atoms with Crippen LogP contribution >= 0.6 is 27.5 Å². The van der Waals surface area contributed by atoms with Crippen molar-refractivity contribution in [1.82, 2.24) is 9.97 Å². The Bertz CT molecular complexity index is 400. The molecule has 0 radical (unpaired) electrons. The van der Waals surface area contributed by atoms with E-state index in [0.29, 0.717) is 11.0 Å². The van der Waals surface area contributed by atoms with Gasteiger partial charge in [-0.2, -0.15) is 0 Å². The highest BCUT2D eigenvalue weighted by molar-refractivity contribution is 9.10. The van der Waals surface area contributed by atoms with Gasteiger partial charge in [0.1, 0.15) is 11.3 Å². The van der Waals surface area contributed by atoms with Crippen LogP contribution in [0.4, 0.5) is 0 Å². The van der Waals surface area contributed by atoms with Crippen LogP contribution in [-0.2, 0) is 10.2 Å². The lowest BCUT2D eigenvalue weighted by Gasteiger charge is -2.22. The summed E-state index contributed by atoms with van der Waals surface area (Å²) in [5.74, 6) is 0.646. The highest BCUT2D eigenvalue weighted by Crippen LogP contribution is 2.33. The molecule has 17 heavy (non-hydrogen) atoms. The maximum atomic E-state index is 6.13. The zero-order chi connectivity index (χ0) is 13.2. The predicted octanol–water partition coefficient (Wildman–Crippen LogP) is 4.29. The fourth-order valence-electron chi connectivity index (χ4n) is 1.53. The maximum absolute atomic E-state index is 6.13. The van der Waals surface area contributed by atoms with Crippen LogP contribution in [-0.4, -0.2) is 17.1 Å². The molecule has 0 aromatic carbocycles. The van der Waals surface area contributed by atoms with Crippen molar-refractivity contribution in [1.29, 1.82) is 0 Å². The van der Waals surface area contributed by atoms with Gasteiger partial charge in [0.25, 0.3) is 0 Å². The van der Waals surface area contributed by atoms with Crippen molar-refractivity contribution in [2.75, 3.05) is 7.11 Å². The molecule has 0 fully saturated rings. The van der Waals surface area contributed by atoms with E-state index in [4.69, 9.17) is 16.3 Å². The maximum Gasteiger partial charge on any atom is 0.159 e. The minimum absolute atomic E-state index is 0.0911. The first-order valence-electron chi connectivity index (χ1n) is 5.57. The van der Waals surface area contributed by atoms with Crippen LogP contribution in [0.5, 0.6) is 0 Å². The van der Waals surface area contributed by atoms with Crippen LogP contribution in [0.2, 0.25) is 5.15 Å². The summed E-state index contributed by atoms with van der Waals surface area (Å²) < 4.78 is 6.11. The lowest BCUT2D eigenvalue weighted by molar-refractivity contribution is 0.0921. The summed E-state index contributed by atoms with van der Waals surface area (Å²) in [7, 11) is 1.66. The molecular formula is C12H18BrClN2O. The van der Waals surface area contributed by atoms with Gasteiger partial charge in [-0.3, -0.25) is 0 Å². The van der Waals surface area contributed by atoms with E-state index in [1.165, 1.54) is 0 Å². The molecule has 0 saturated heterocycles. The van der Waals surface area contributed by atoms with Crippen molar-refractivity contribution < 1.29 is 4.74 Å². The number of hydrogen-bond acceptors (Lipinski definition) is 3. The van der Waals surface area contributed by atoms with Crippen LogP contribution in [0.25, 0.3) is 0 Å². The normalized spacial score (nSPS) is 13.8. The first-order valence-corrected chi connectivity index (χ1v) is 6.74. The fourth-order valence-corrected chi connectivity index (χ4v) is 2.48. The summed E-state index contributed by atoms with van der Waals surface area (Å²) >= 11 is 9.57. The van der Waals surface area contributed by atoms with Gasteiger partial charge in [0.15, 0.2) is 5.82 Å². The van der Waals surface area contributed by atoms with Crippen LogP contribution < -0.4 is 0 Å². The van der Waals surface area contributed by atoms with Gasteiger partial charge in [0, 0.05) is 12.5 Å². The average Bonchev–Trinajstić information content (AvgIpc) is 2.23. The number of methoxy groups -OCH3 is 1. The second-order valence-electron chi connectivity index (χ2n) is 4.92. The lowest BCUT2D eigenvalue weighted by atomic mass is 9.92. The van der Waals surface area contributed by atoms with Gasteiger partial charge in [-0.15, -0.1) is 0 Å². The minimum atomic E-state index is -0.110. The molecule has 1 rings (SSSR count). The third kappa shape index (κ3) is 3.39. The molecule has 0 aliphatic carbocycles. The Morgan fingerprint density at radius 2 is 1.94 bits per heavy atom. The van der Waals surface area contributed by atoms with Crippen LogP contribution in [0.3, 0.4) is 0 Å². The Labute approximate surface area is 116 Å². The van der Waals surface area contributed by atoms with Gasteiger partial charge in [-0.05, 0) is 22.4 Å². The second-order valence-corrected chi connectivity index (χ2v) is 6.07. The molecule has 1 aromatic heterocycles. The van der Waals surface area contributed by atoms with Gasteiger partial charge in [0.2, 0.25) is 0 Å². The van der Waals surface area contributed by atoms with Crippen molar-refractivity contribution in [2.45, 2.75) is 45.6 Å². The van der Waals surface area contributed by atoms with Gasteiger partial charge < -0.3 is 4.74 Å². The number of rotatable bonds is 3. The highest BCUT2D eigenvalue weighted by Gasteiger charge is 2.24. The smallest absolute Gasteiger partial charge is 0.159 e. The minimum Gasteiger partial charge on any atom is -0.373 e. The van der Waals surface area contributed by atoms with Gasteiger partial charge >= 0.3 is 0 Å². The van der Waals surface area contributed by atoms with Crippen molar-refractivity contribution in [2.24, 2.45) is 0 Å². The number of halogens is 2. The third-order valence-corrected chi connectivity index (χ3v) is 3.73. The summed E-state index contributed by atoms with van der Waals surface area (Å²) in [6, 6.07) is 0. The summed E-state index contributed by atoms with van der Waals surface area (Å²) in [5.41, 5.74) is 0.814. The van der Waals surface area contributed by atoms with Crippen LogP contribution in [0.15, 0.2) is 4.47 Å². The highest BCUT2D eigenvalue weighted by atomic mass is 79.9. The molecule has 0 N–H and O–H groups in total. The molecule has 0 amide bonds. The molecule has 1 heterocycles. The molecule has 1 unspecified atom stereocenters. The van der Waals surface area contributed by atoms with E-state index in [2.05, 4.69) is 46.7 Å². The third-order valence-electron chi connectivity index (χ3n) is 2.48. The number of aromatic nitrogens is 2. The molecule has 0 aliphatic rings. The Morgan fingerprint density at radius 1 is 1.35 bits per heavy atom. The molecule has 1 atom stereocenters. The number of ether oxygens (including phenoxy) is 1. The standard InChI is InChI=1S/C12H18BrClN2O/c1-6-7(17-5)11-15-9(12(2,3)4)8(13)10(14)16-11/h7H,6H2,1-5H3.